The monoisotopic (exact) mass is 314 g/mol. The highest BCUT2D eigenvalue weighted by Gasteiger charge is 2.31. The number of alkyl halides is 3. The molecule has 7 heteroatoms. The van der Waals surface area contributed by atoms with E-state index in [0.717, 1.165) is 12.1 Å². The average molecular weight is 314 g/mol. The van der Waals surface area contributed by atoms with Crippen molar-refractivity contribution in [1.82, 2.24) is 9.88 Å². The van der Waals surface area contributed by atoms with E-state index in [1.165, 1.54) is 16.7 Å². The van der Waals surface area contributed by atoms with E-state index in [-0.39, 0.29) is 12.3 Å². The van der Waals surface area contributed by atoms with E-state index in [9.17, 15) is 23.1 Å². The van der Waals surface area contributed by atoms with Gasteiger partial charge in [0.25, 0.3) is 5.91 Å². The van der Waals surface area contributed by atoms with Crippen LogP contribution in [0.1, 0.15) is 29.9 Å². The molecule has 2 N–H and O–H groups in total. The van der Waals surface area contributed by atoms with Gasteiger partial charge >= 0.3 is 6.18 Å². The van der Waals surface area contributed by atoms with Gasteiger partial charge in [0.1, 0.15) is 5.69 Å². The summed E-state index contributed by atoms with van der Waals surface area (Å²) >= 11 is 0. The second-order valence-electron chi connectivity index (χ2n) is 5.86. The second kappa shape index (κ2) is 5.31. The van der Waals surface area contributed by atoms with Gasteiger partial charge in [0.15, 0.2) is 0 Å². The first-order valence-corrected chi connectivity index (χ1v) is 6.65. The Bertz CT molecular complexity index is 717. The number of aryl methyl sites for hydroxylation is 1. The fraction of sp³-hybridized carbons (Fsp3) is 0.400. The van der Waals surface area contributed by atoms with E-state index in [4.69, 9.17) is 0 Å². The molecule has 1 aromatic heterocycles. The number of aliphatic hydroxyl groups excluding tert-OH is 1. The van der Waals surface area contributed by atoms with Crippen molar-refractivity contribution in [3.8, 4) is 0 Å². The molecule has 22 heavy (non-hydrogen) atoms. The lowest BCUT2D eigenvalue weighted by atomic mass is 10.1. The largest absolute Gasteiger partial charge is 0.416 e. The van der Waals surface area contributed by atoms with Gasteiger partial charge in [0, 0.05) is 18.0 Å². The first-order chi connectivity index (χ1) is 10.0. The lowest BCUT2D eigenvalue weighted by Crippen LogP contribution is -2.46. The highest BCUT2D eigenvalue weighted by atomic mass is 19.4. The molecule has 0 unspecified atom stereocenters. The van der Waals surface area contributed by atoms with E-state index >= 15 is 0 Å². The molecule has 0 saturated carbocycles. The summed E-state index contributed by atoms with van der Waals surface area (Å²) in [7, 11) is 1.61. The Morgan fingerprint density at radius 2 is 1.91 bits per heavy atom. The standard InChI is InChI=1S/C15H17F3N2O2/c1-14(2,8-21)19-13(22)12-7-9-6-10(15(16,17)18)4-5-11(9)20(12)3/h4-7,21H,8H2,1-3H3,(H,19,22). The van der Waals surface area contributed by atoms with Gasteiger partial charge in [-0.1, -0.05) is 0 Å². The number of rotatable bonds is 3. The molecule has 120 valence electrons. The molecule has 1 aromatic carbocycles. The number of nitrogens with one attached hydrogen (secondary N) is 1. The van der Waals surface area contributed by atoms with Crippen LogP contribution in [-0.4, -0.2) is 27.7 Å². The average Bonchev–Trinajstić information content (AvgIpc) is 2.74. The van der Waals surface area contributed by atoms with Crippen molar-refractivity contribution in [1.29, 1.82) is 0 Å². The number of benzene rings is 1. The topological polar surface area (TPSA) is 54.3 Å². The van der Waals surface area contributed by atoms with Gasteiger partial charge in [0.2, 0.25) is 0 Å². The third-order valence-corrected chi connectivity index (χ3v) is 3.45. The van der Waals surface area contributed by atoms with Gasteiger partial charge in [0.05, 0.1) is 17.7 Å². The van der Waals surface area contributed by atoms with E-state index in [1.54, 1.807) is 20.9 Å². The predicted octanol–water partition coefficient (Wildman–Crippen LogP) is 2.70. The number of carbonyl (C=O) groups excluding carboxylic acids is 1. The van der Waals surface area contributed by atoms with Crippen LogP contribution >= 0.6 is 0 Å². The normalized spacial score (nSPS) is 12.7. The smallest absolute Gasteiger partial charge is 0.394 e. The molecule has 0 fully saturated rings. The molecule has 0 aliphatic rings. The summed E-state index contributed by atoms with van der Waals surface area (Å²) < 4.78 is 39.7. The third-order valence-electron chi connectivity index (χ3n) is 3.45. The van der Waals surface area contributed by atoms with E-state index in [2.05, 4.69) is 5.32 Å². The summed E-state index contributed by atoms with van der Waals surface area (Å²) in [4.78, 5) is 12.2. The minimum absolute atomic E-state index is 0.232. The lowest BCUT2D eigenvalue weighted by molar-refractivity contribution is -0.137. The minimum atomic E-state index is -4.43. The van der Waals surface area contributed by atoms with Gasteiger partial charge in [-0.3, -0.25) is 4.79 Å². The number of amides is 1. The molecule has 4 nitrogen and oxygen atoms in total. The van der Waals surface area contributed by atoms with E-state index < -0.39 is 23.2 Å². The quantitative estimate of drug-likeness (QED) is 0.915. The Morgan fingerprint density at radius 3 is 2.45 bits per heavy atom. The first-order valence-electron chi connectivity index (χ1n) is 6.65. The van der Waals surface area contributed by atoms with Crippen LogP contribution in [0.3, 0.4) is 0 Å². The highest BCUT2D eigenvalue weighted by Crippen LogP contribution is 2.32. The fourth-order valence-corrected chi connectivity index (χ4v) is 2.15. The van der Waals surface area contributed by atoms with Crippen LogP contribution in [0.25, 0.3) is 10.9 Å². The highest BCUT2D eigenvalue weighted by molar-refractivity contribution is 5.99. The molecule has 1 amide bonds. The molecule has 2 aromatic rings. The molecule has 1 heterocycles. The van der Waals surface area contributed by atoms with Crippen LogP contribution in [0.5, 0.6) is 0 Å². The number of carbonyl (C=O) groups is 1. The zero-order chi connectivity index (χ0) is 16.7. The molecule has 0 bridgehead atoms. The lowest BCUT2D eigenvalue weighted by Gasteiger charge is -2.23. The molecule has 0 atom stereocenters. The molecule has 0 saturated heterocycles. The zero-order valence-electron chi connectivity index (χ0n) is 12.5. The molecule has 0 aliphatic heterocycles. The maximum atomic E-state index is 12.7. The molecule has 0 radical (unpaired) electrons. The van der Waals surface area contributed by atoms with Crippen molar-refractivity contribution in [2.24, 2.45) is 7.05 Å². The number of aliphatic hydroxyl groups is 1. The van der Waals surface area contributed by atoms with E-state index in [1.807, 2.05) is 0 Å². The number of halogens is 3. The van der Waals surface area contributed by atoms with Crippen molar-refractivity contribution in [3.05, 3.63) is 35.5 Å². The molecule has 0 aliphatic carbocycles. The Kier molecular flexibility index (Phi) is 3.95. The molecular formula is C15H17F3N2O2. The maximum Gasteiger partial charge on any atom is 0.416 e. The first kappa shape index (κ1) is 16.4. The van der Waals surface area contributed by atoms with Crippen LogP contribution in [0, 0.1) is 0 Å². The van der Waals surface area contributed by atoms with Crippen LogP contribution in [0.2, 0.25) is 0 Å². The zero-order valence-corrected chi connectivity index (χ0v) is 12.5. The molecule has 2 rings (SSSR count). The number of hydrogen-bond acceptors (Lipinski definition) is 2. The fourth-order valence-electron chi connectivity index (χ4n) is 2.15. The Morgan fingerprint density at radius 1 is 1.27 bits per heavy atom. The van der Waals surface area contributed by atoms with Crippen molar-refractivity contribution in [2.75, 3.05) is 6.61 Å². The third kappa shape index (κ3) is 3.09. The minimum Gasteiger partial charge on any atom is -0.394 e. The van der Waals surface area contributed by atoms with Crippen molar-refractivity contribution >= 4 is 16.8 Å². The SMILES string of the molecule is Cn1c(C(=O)NC(C)(C)CO)cc2cc(C(F)(F)F)ccc21. The number of hydrogen-bond donors (Lipinski definition) is 2. The predicted molar refractivity (Wildman–Crippen MR) is 76.6 cm³/mol. The van der Waals surface area contributed by atoms with Crippen LogP contribution in [0.4, 0.5) is 13.2 Å². The van der Waals surface area contributed by atoms with Crippen molar-refractivity contribution in [2.45, 2.75) is 25.6 Å². The Labute approximate surface area is 125 Å². The van der Waals surface area contributed by atoms with Gasteiger partial charge < -0.3 is 15.0 Å². The summed E-state index contributed by atoms with van der Waals surface area (Å²) in [6.07, 6.45) is -4.43. The summed E-state index contributed by atoms with van der Waals surface area (Å²) in [5, 5.41) is 12.2. The van der Waals surface area contributed by atoms with Gasteiger partial charge in [-0.05, 0) is 38.1 Å². The van der Waals surface area contributed by atoms with Crippen molar-refractivity contribution in [3.63, 3.8) is 0 Å². The Balaban J connectivity index is 2.44. The molecular weight excluding hydrogens is 297 g/mol. The number of aromatic nitrogens is 1. The van der Waals surface area contributed by atoms with Crippen molar-refractivity contribution < 1.29 is 23.1 Å². The van der Waals surface area contributed by atoms with E-state index in [0.29, 0.717) is 10.9 Å². The maximum absolute atomic E-state index is 12.7. The number of fused-ring (bicyclic) bond motifs is 1. The molecule has 0 spiro atoms. The number of nitrogens with zero attached hydrogens (tertiary/aromatic N) is 1. The van der Waals surface area contributed by atoms with Crippen LogP contribution in [0.15, 0.2) is 24.3 Å². The van der Waals surface area contributed by atoms with Gasteiger partial charge in [-0.15, -0.1) is 0 Å². The van der Waals surface area contributed by atoms with Crippen LogP contribution < -0.4 is 5.32 Å². The van der Waals surface area contributed by atoms with Gasteiger partial charge in [-0.25, -0.2) is 0 Å². The summed E-state index contributed by atoms with van der Waals surface area (Å²) in [6.45, 7) is 3.05. The van der Waals surface area contributed by atoms with Gasteiger partial charge in [-0.2, -0.15) is 13.2 Å². The summed E-state index contributed by atoms with van der Waals surface area (Å²) in [6, 6.07) is 4.75. The second-order valence-corrected chi connectivity index (χ2v) is 5.86. The Hall–Kier alpha value is -2.02. The summed E-state index contributed by atoms with van der Waals surface area (Å²) in [5.41, 5.74) is -0.811. The summed E-state index contributed by atoms with van der Waals surface area (Å²) in [5.74, 6) is -0.452. The van der Waals surface area contributed by atoms with Crippen LogP contribution in [-0.2, 0) is 13.2 Å².